The number of rotatable bonds is 4. The van der Waals surface area contributed by atoms with Gasteiger partial charge < -0.3 is 4.57 Å². The van der Waals surface area contributed by atoms with Crippen LogP contribution in [0.3, 0.4) is 0 Å². The van der Waals surface area contributed by atoms with Crippen LogP contribution >= 0.6 is 12.6 Å². The molecule has 0 saturated heterocycles. The van der Waals surface area contributed by atoms with Gasteiger partial charge in [0.05, 0.1) is 0 Å². The average molecular weight is 198 g/mol. The van der Waals surface area contributed by atoms with Crippen molar-refractivity contribution in [3.8, 4) is 0 Å². The van der Waals surface area contributed by atoms with Crippen molar-refractivity contribution >= 4 is 12.6 Å². The van der Waals surface area contributed by atoms with Crippen LogP contribution in [0.4, 0.5) is 0 Å². The quantitative estimate of drug-likeness (QED) is 0.736. The van der Waals surface area contributed by atoms with Gasteiger partial charge in [0.15, 0.2) is 0 Å². The van der Waals surface area contributed by atoms with Crippen LogP contribution < -0.4 is 0 Å². The Morgan fingerprint density at radius 3 is 2.77 bits per heavy atom. The van der Waals surface area contributed by atoms with Gasteiger partial charge in [-0.05, 0) is 11.2 Å². The molecule has 13 heavy (non-hydrogen) atoms. The summed E-state index contributed by atoms with van der Waals surface area (Å²) in [6.45, 7) is 7.57. The molecule has 0 saturated carbocycles. The zero-order chi connectivity index (χ0) is 9.90. The van der Waals surface area contributed by atoms with Crippen molar-refractivity contribution in [2.24, 2.45) is 5.41 Å². The second kappa shape index (κ2) is 4.18. The first-order chi connectivity index (χ1) is 6.09. The van der Waals surface area contributed by atoms with Crippen LogP contribution in [0, 0.1) is 5.41 Å². The molecule has 1 rings (SSSR count). The van der Waals surface area contributed by atoms with Gasteiger partial charge in [0.2, 0.25) is 0 Å². The minimum Gasteiger partial charge on any atom is -0.334 e. The summed E-state index contributed by atoms with van der Waals surface area (Å²) >= 11 is 4.34. The predicted molar refractivity (Wildman–Crippen MR) is 59.2 cm³/mol. The van der Waals surface area contributed by atoms with Crippen molar-refractivity contribution in [2.75, 3.05) is 5.75 Å². The molecular weight excluding hydrogens is 180 g/mol. The molecule has 0 radical (unpaired) electrons. The Morgan fingerprint density at radius 2 is 2.23 bits per heavy atom. The highest BCUT2D eigenvalue weighted by Gasteiger charge is 2.17. The van der Waals surface area contributed by atoms with Crippen molar-refractivity contribution in [2.45, 2.75) is 33.7 Å². The Morgan fingerprint density at radius 1 is 1.54 bits per heavy atom. The lowest BCUT2D eigenvalue weighted by molar-refractivity contribution is 0.347. The minimum absolute atomic E-state index is 0.244. The number of aryl methyl sites for hydroxylation is 1. The maximum Gasteiger partial charge on any atom is 0.108 e. The summed E-state index contributed by atoms with van der Waals surface area (Å²) in [6.07, 6.45) is 4.91. The first-order valence-corrected chi connectivity index (χ1v) is 5.33. The number of thiol groups is 1. The monoisotopic (exact) mass is 198 g/mol. The van der Waals surface area contributed by atoms with E-state index in [2.05, 4.69) is 43.0 Å². The average Bonchev–Trinajstić information content (AvgIpc) is 2.51. The summed E-state index contributed by atoms with van der Waals surface area (Å²) in [7, 11) is 0. The Hall–Kier alpha value is -0.440. The molecule has 1 aromatic rings. The largest absolute Gasteiger partial charge is 0.334 e. The molecule has 3 heteroatoms. The Balaban J connectivity index is 2.73. The van der Waals surface area contributed by atoms with Crippen LogP contribution in [-0.4, -0.2) is 15.3 Å². The van der Waals surface area contributed by atoms with E-state index in [4.69, 9.17) is 0 Å². The van der Waals surface area contributed by atoms with E-state index in [0.717, 1.165) is 24.5 Å². The second-order valence-electron chi connectivity index (χ2n) is 4.15. The lowest BCUT2D eigenvalue weighted by Crippen LogP contribution is -2.22. The zero-order valence-corrected chi connectivity index (χ0v) is 9.51. The second-order valence-corrected chi connectivity index (χ2v) is 4.46. The first kappa shape index (κ1) is 10.6. The maximum atomic E-state index is 4.34. The summed E-state index contributed by atoms with van der Waals surface area (Å²) in [6, 6.07) is 0. The molecule has 0 atom stereocenters. The van der Waals surface area contributed by atoms with Gasteiger partial charge in [-0.1, -0.05) is 20.8 Å². The highest BCUT2D eigenvalue weighted by atomic mass is 32.1. The minimum atomic E-state index is 0.244. The molecule has 0 aliphatic carbocycles. The summed E-state index contributed by atoms with van der Waals surface area (Å²) in [5.74, 6) is 2.06. The Bertz CT molecular complexity index is 266. The number of nitrogens with zero attached hydrogens (tertiary/aromatic N) is 2. The van der Waals surface area contributed by atoms with Crippen molar-refractivity contribution in [3.63, 3.8) is 0 Å². The van der Waals surface area contributed by atoms with Gasteiger partial charge in [-0.2, -0.15) is 12.6 Å². The molecule has 0 N–H and O–H groups in total. The van der Waals surface area contributed by atoms with E-state index < -0.39 is 0 Å². The van der Waals surface area contributed by atoms with Gasteiger partial charge in [-0.3, -0.25) is 0 Å². The third-order valence-corrected chi connectivity index (χ3v) is 3.00. The van der Waals surface area contributed by atoms with E-state index in [9.17, 15) is 0 Å². The van der Waals surface area contributed by atoms with Gasteiger partial charge in [-0.25, -0.2) is 4.98 Å². The molecule has 2 nitrogen and oxygen atoms in total. The fourth-order valence-corrected chi connectivity index (χ4v) is 1.41. The normalized spacial score (nSPS) is 12.0. The van der Waals surface area contributed by atoms with Crippen molar-refractivity contribution < 1.29 is 0 Å². The van der Waals surface area contributed by atoms with E-state index >= 15 is 0 Å². The molecule has 0 spiro atoms. The van der Waals surface area contributed by atoms with E-state index in [1.165, 1.54) is 0 Å². The smallest absolute Gasteiger partial charge is 0.108 e. The molecule has 1 aromatic heterocycles. The van der Waals surface area contributed by atoms with Gasteiger partial charge in [0.25, 0.3) is 0 Å². The van der Waals surface area contributed by atoms with E-state index in [0.29, 0.717) is 0 Å². The summed E-state index contributed by atoms with van der Waals surface area (Å²) in [5.41, 5.74) is 0.244. The van der Waals surface area contributed by atoms with Crippen molar-refractivity contribution in [1.82, 2.24) is 9.55 Å². The zero-order valence-electron chi connectivity index (χ0n) is 8.62. The number of hydrogen-bond acceptors (Lipinski definition) is 2. The van der Waals surface area contributed by atoms with E-state index in [1.807, 2.05) is 12.4 Å². The molecule has 1 heterocycles. The molecule has 0 aliphatic heterocycles. The molecule has 0 fully saturated rings. The summed E-state index contributed by atoms with van der Waals surface area (Å²) in [4.78, 5) is 4.29. The predicted octanol–water partition coefficient (Wildman–Crippen LogP) is 2.40. The van der Waals surface area contributed by atoms with Gasteiger partial charge >= 0.3 is 0 Å². The van der Waals surface area contributed by atoms with Crippen molar-refractivity contribution in [3.05, 3.63) is 18.2 Å². The topological polar surface area (TPSA) is 17.8 Å². The summed E-state index contributed by atoms with van der Waals surface area (Å²) < 4.78 is 2.22. The molecule has 74 valence electrons. The Labute approximate surface area is 85.8 Å². The fraction of sp³-hybridized carbons (Fsp3) is 0.700. The molecule has 0 unspecified atom stereocenters. The molecule has 0 aromatic carbocycles. The van der Waals surface area contributed by atoms with Crippen LogP contribution in [0.5, 0.6) is 0 Å². The molecular formula is C10H18N2S. The van der Waals surface area contributed by atoms with Crippen LogP contribution in [0.1, 0.15) is 26.6 Å². The van der Waals surface area contributed by atoms with Crippen LogP contribution in [0.2, 0.25) is 0 Å². The summed E-state index contributed by atoms with van der Waals surface area (Å²) in [5, 5.41) is 0. The first-order valence-electron chi connectivity index (χ1n) is 4.70. The van der Waals surface area contributed by atoms with Crippen molar-refractivity contribution in [1.29, 1.82) is 0 Å². The maximum absolute atomic E-state index is 4.34. The highest BCUT2D eigenvalue weighted by molar-refractivity contribution is 7.80. The molecule has 0 amide bonds. The number of aromatic nitrogens is 2. The van der Waals surface area contributed by atoms with E-state index in [1.54, 1.807) is 0 Å². The molecule has 0 bridgehead atoms. The Kier molecular flexibility index (Phi) is 3.42. The number of hydrogen-bond donors (Lipinski definition) is 1. The standard InChI is InChI=1S/C10H18N2S/c1-4-9-11-5-6-12(9)7-10(2,3)8-13/h5-6,13H,4,7-8H2,1-3H3. The third-order valence-electron chi connectivity index (χ3n) is 2.14. The van der Waals surface area contributed by atoms with Crippen LogP contribution in [0.25, 0.3) is 0 Å². The SMILES string of the molecule is CCc1nccn1CC(C)(C)CS. The van der Waals surface area contributed by atoms with Crippen LogP contribution in [0.15, 0.2) is 12.4 Å². The molecule has 0 aliphatic rings. The van der Waals surface area contributed by atoms with Gasteiger partial charge in [0, 0.05) is 25.4 Å². The lowest BCUT2D eigenvalue weighted by atomic mass is 9.96. The van der Waals surface area contributed by atoms with Gasteiger partial charge in [-0.15, -0.1) is 0 Å². The third kappa shape index (κ3) is 2.76. The van der Waals surface area contributed by atoms with Crippen LogP contribution in [-0.2, 0) is 13.0 Å². The highest BCUT2D eigenvalue weighted by Crippen LogP contribution is 2.20. The lowest BCUT2D eigenvalue weighted by Gasteiger charge is -2.23. The fourth-order valence-electron chi connectivity index (χ4n) is 1.31. The van der Waals surface area contributed by atoms with Gasteiger partial charge in [0.1, 0.15) is 5.82 Å². The number of imidazole rings is 1. The van der Waals surface area contributed by atoms with E-state index in [-0.39, 0.29) is 5.41 Å².